The molecule has 1 aliphatic heterocycles. The summed E-state index contributed by atoms with van der Waals surface area (Å²) < 4.78 is 0. The molecule has 0 bridgehead atoms. The van der Waals surface area contributed by atoms with Gasteiger partial charge in [-0.2, -0.15) is 0 Å². The predicted molar refractivity (Wildman–Crippen MR) is 51.1 cm³/mol. The third-order valence-corrected chi connectivity index (χ3v) is 2.85. The summed E-state index contributed by atoms with van der Waals surface area (Å²) in [5, 5.41) is 12.2. The lowest BCUT2D eigenvalue weighted by Gasteiger charge is -2.28. The molecule has 2 atom stereocenters. The van der Waals surface area contributed by atoms with Gasteiger partial charge in [0.25, 0.3) is 0 Å². The van der Waals surface area contributed by atoms with Crippen molar-refractivity contribution in [2.75, 3.05) is 13.2 Å². The van der Waals surface area contributed by atoms with Crippen molar-refractivity contribution in [3.63, 3.8) is 0 Å². The fourth-order valence-corrected chi connectivity index (χ4v) is 1.98. The highest BCUT2D eigenvalue weighted by Crippen LogP contribution is 2.18. The molecule has 1 fully saturated rings. The summed E-state index contributed by atoms with van der Waals surface area (Å²) in [5.74, 6) is 0.734. The Balaban J connectivity index is 2.15. The van der Waals surface area contributed by atoms with Crippen molar-refractivity contribution >= 4 is 0 Å². The average molecular weight is 171 g/mol. The summed E-state index contributed by atoms with van der Waals surface area (Å²) in [6, 6.07) is 0.713. The van der Waals surface area contributed by atoms with E-state index in [1.54, 1.807) is 0 Å². The molecule has 0 radical (unpaired) electrons. The van der Waals surface area contributed by atoms with Gasteiger partial charge in [0.2, 0.25) is 0 Å². The Morgan fingerprint density at radius 3 is 2.92 bits per heavy atom. The van der Waals surface area contributed by atoms with Gasteiger partial charge in [-0.05, 0) is 38.1 Å². The maximum absolute atomic E-state index is 8.69. The molecular weight excluding hydrogens is 150 g/mol. The third kappa shape index (κ3) is 3.11. The van der Waals surface area contributed by atoms with Gasteiger partial charge in [0.05, 0.1) is 0 Å². The minimum absolute atomic E-state index is 0.344. The van der Waals surface area contributed by atoms with E-state index in [1.807, 2.05) is 0 Å². The predicted octanol–water partition coefficient (Wildman–Crippen LogP) is 1.54. The molecule has 0 saturated carbocycles. The van der Waals surface area contributed by atoms with Gasteiger partial charge in [0.15, 0.2) is 0 Å². The average Bonchev–Trinajstić information content (AvgIpc) is 2.15. The van der Waals surface area contributed by atoms with Crippen LogP contribution in [-0.4, -0.2) is 24.3 Å². The molecule has 2 N–H and O–H groups in total. The van der Waals surface area contributed by atoms with Crippen LogP contribution in [0.5, 0.6) is 0 Å². The van der Waals surface area contributed by atoms with Crippen LogP contribution in [0.3, 0.4) is 0 Å². The van der Waals surface area contributed by atoms with Crippen LogP contribution in [0, 0.1) is 5.92 Å². The van der Waals surface area contributed by atoms with Crippen LogP contribution in [-0.2, 0) is 0 Å². The molecule has 0 aromatic rings. The molecule has 0 aromatic heterocycles. The summed E-state index contributed by atoms with van der Waals surface area (Å²) in [5.41, 5.74) is 0. The van der Waals surface area contributed by atoms with Gasteiger partial charge < -0.3 is 10.4 Å². The number of hydrogen-bond donors (Lipinski definition) is 2. The first kappa shape index (κ1) is 10.0. The molecular formula is C10H21NO. The molecule has 0 amide bonds. The van der Waals surface area contributed by atoms with Crippen molar-refractivity contribution in [2.45, 2.75) is 45.1 Å². The molecule has 72 valence electrons. The number of nitrogens with one attached hydrogen (secondary N) is 1. The Morgan fingerprint density at radius 1 is 1.50 bits per heavy atom. The Hall–Kier alpha value is -0.0800. The first-order chi connectivity index (χ1) is 5.84. The minimum atomic E-state index is 0.344. The maximum atomic E-state index is 8.69. The zero-order chi connectivity index (χ0) is 8.81. The highest BCUT2D eigenvalue weighted by Gasteiger charge is 2.18. The van der Waals surface area contributed by atoms with E-state index in [0.717, 1.165) is 18.8 Å². The highest BCUT2D eigenvalue weighted by atomic mass is 16.2. The van der Waals surface area contributed by atoms with Crippen LogP contribution >= 0.6 is 0 Å². The van der Waals surface area contributed by atoms with Gasteiger partial charge in [-0.25, -0.2) is 0 Å². The second kappa shape index (κ2) is 5.55. The van der Waals surface area contributed by atoms with Crippen LogP contribution in [0.1, 0.15) is 39.0 Å². The van der Waals surface area contributed by atoms with E-state index in [1.165, 1.54) is 25.8 Å². The Bertz CT molecular complexity index is 110. The molecule has 0 spiro atoms. The number of aliphatic hydroxyl groups excluding tert-OH is 1. The van der Waals surface area contributed by atoms with E-state index in [-0.39, 0.29) is 0 Å². The van der Waals surface area contributed by atoms with Crippen LogP contribution in [0.4, 0.5) is 0 Å². The first-order valence-corrected chi connectivity index (χ1v) is 5.19. The molecule has 1 saturated heterocycles. The maximum Gasteiger partial charge on any atom is 0.0431 e. The van der Waals surface area contributed by atoms with Crippen molar-refractivity contribution < 1.29 is 5.11 Å². The lowest BCUT2D eigenvalue weighted by molar-refractivity contribution is 0.246. The van der Waals surface area contributed by atoms with E-state index in [4.69, 9.17) is 5.11 Å². The fourth-order valence-electron chi connectivity index (χ4n) is 1.98. The quantitative estimate of drug-likeness (QED) is 0.672. The van der Waals surface area contributed by atoms with Crippen molar-refractivity contribution in [2.24, 2.45) is 5.92 Å². The van der Waals surface area contributed by atoms with Crippen molar-refractivity contribution in [3.05, 3.63) is 0 Å². The second-order valence-corrected chi connectivity index (χ2v) is 3.90. The molecule has 12 heavy (non-hydrogen) atoms. The highest BCUT2D eigenvalue weighted by molar-refractivity contribution is 4.76. The number of aliphatic hydroxyl groups is 1. The monoisotopic (exact) mass is 171 g/mol. The lowest BCUT2D eigenvalue weighted by Crippen LogP contribution is -2.38. The van der Waals surface area contributed by atoms with E-state index < -0.39 is 0 Å². The van der Waals surface area contributed by atoms with Gasteiger partial charge >= 0.3 is 0 Å². The molecule has 0 aromatic carbocycles. The zero-order valence-corrected chi connectivity index (χ0v) is 8.05. The van der Waals surface area contributed by atoms with Crippen molar-refractivity contribution in [1.29, 1.82) is 0 Å². The van der Waals surface area contributed by atoms with Crippen LogP contribution in [0.25, 0.3) is 0 Å². The SMILES string of the molecule is CC(CCCO)C1CCCCN1. The number of piperidine rings is 1. The Kier molecular flexibility index (Phi) is 4.62. The summed E-state index contributed by atoms with van der Waals surface area (Å²) in [6.07, 6.45) is 6.16. The van der Waals surface area contributed by atoms with Gasteiger partial charge in [0, 0.05) is 12.6 Å². The summed E-state index contributed by atoms with van der Waals surface area (Å²) in [6.45, 7) is 3.82. The molecule has 2 heteroatoms. The first-order valence-electron chi connectivity index (χ1n) is 5.19. The van der Waals surface area contributed by atoms with Crippen LogP contribution in [0.15, 0.2) is 0 Å². The largest absolute Gasteiger partial charge is 0.396 e. The van der Waals surface area contributed by atoms with Gasteiger partial charge in [-0.1, -0.05) is 13.3 Å². The molecule has 1 aliphatic rings. The summed E-state index contributed by atoms with van der Waals surface area (Å²) in [7, 11) is 0. The van der Waals surface area contributed by atoms with Gasteiger partial charge in [-0.15, -0.1) is 0 Å². The van der Waals surface area contributed by atoms with Crippen molar-refractivity contribution in [1.82, 2.24) is 5.32 Å². The van der Waals surface area contributed by atoms with Gasteiger partial charge in [0.1, 0.15) is 0 Å². The summed E-state index contributed by atoms with van der Waals surface area (Å²) >= 11 is 0. The van der Waals surface area contributed by atoms with E-state index in [2.05, 4.69) is 12.2 Å². The lowest BCUT2D eigenvalue weighted by atomic mass is 9.90. The Labute approximate surface area is 75.4 Å². The number of rotatable bonds is 4. The topological polar surface area (TPSA) is 32.3 Å². The normalized spacial score (nSPS) is 27.0. The molecule has 1 heterocycles. The molecule has 2 nitrogen and oxygen atoms in total. The molecule has 2 unspecified atom stereocenters. The molecule has 1 rings (SSSR count). The minimum Gasteiger partial charge on any atom is -0.396 e. The number of hydrogen-bond acceptors (Lipinski definition) is 2. The van der Waals surface area contributed by atoms with Crippen molar-refractivity contribution in [3.8, 4) is 0 Å². The Morgan fingerprint density at radius 2 is 2.33 bits per heavy atom. The summed E-state index contributed by atoms with van der Waals surface area (Å²) in [4.78, 5) is 0. The zero-order valence-electron chi connectivity index (χ0n) is 8.05. The standard InChI is InChI=1S/C10H21NO/c1-9(5-4-8-12)10-6-2-3-7-11-10/h9-12H,2-8H2,1H3. The second-order valence-electron chi connectivity index (χ2n) is 3.90. The van der Waals surface area contributed by atoms with E-state index >= 15 is 0 Å². The fraction of sp³-hybridized carbons (Fsp3) is 1.00. The van der Waals surface area contributed by atoms with Gasteiger partial charge in [-0.3, -0.25) is 0 Å². The van der Waals surface area contributed by atoms with Crippen LogP contribution < -0.4 is 5.32 Å². The van der Waals surface area contributed by atoms with Crippen LogP contribution in [0.2, 0.25) is 0 Å². The van der Waals surface area contributed by atoms with E-state index in [0.29, 0.717) is 12.6 Å². The molecule has 0 aliphatic carbocycles. The van der Waals surface area contributed by atoms with E-state index in [9.17, 15) is 0 Å². The smallest absolute Gasteiger partial charge is 0.0431 e. The third-order valence-electron chi connectivity index (χ3n) is 2.85.